The minimum Gasteiger partial charge on any atom is -0.488 e. The molecule has 0 bridgehead atoms. The van der Waals surface area contributed by atoms with Crippen molar-refractivity contribution in [2.24, 2.45) is 0 Å². The van der Waals surface area contributed by atoms with Crippen molar-refractivity contribution in [3.63, 3.8) is 0 Å². The van der Waals surface area contributed by atoms with Gasteiger partial charge in [0.2, 0.25) is 0 Å². The summed E-state index contributed by atoms with van der Waals surface area (Å²) in [7, 11) is 2.01. The van der Waals surface area contributed by atoms with Gasteiger partial charge >= 0.3 is 0 Å². The first-order chi connectivity index (χ1) is 17.4. The number of benzene rings is 2. The van der Waals surface area contributed by atoms with Crippen molar-refractivity contribution in [1.82, 2.24) is 15.1 Å². The number of halogens is 1. The summed E-state index contributed by atoms with van der Waals surface area (Å²) in [4.78, 5) is 4.50. The molecule has 0 aliphatic carbocycles. The van der Waals surface area contributed by atoms with E-state index in [1.807, 2.05) is 43.5 Å². The summed E-state index contributed by atoms with van der Waals surface area (Å²) in [5, 5.41) is 3.03. The molecule has 2 aromatic rings. The summed E-state index contributed by atoms with van der Waals surface area (Å²) in [5.74, 6) is 0.449. The number of nitrogens with one attached hydrogen (secondary N) is 1. The summed E-state index contributed by atoms with van der Waals surface area (Å²) in [5.41, 5.74) is 3.96. The largest absolute Gasteiger partial charge is 0.488 e. The van der Waals surface area contributed by atoms with Gasteiger partial charge in [-0.1, -0.05) is 44.0 Å². The van der Waals surface area contributed by atoms with Crippen molar-refractivity contribution in [3.8, 4) is 5.75 Å². The molecule has 0 radical (unpaired) electrons. The molecule has 0 unspecified atom stereocenters. The summed E-state index contributed by atoms with van der Waals surface area (Å²) in [6, 6.07) is 11.2. The molecule has 0 saturated carbocycles. The van der Waals surface area contributed by atoms with E-state index in [4.69, 9.17) is 9.47 Å². The maximum absolute atomic E-state index is 14.8. The summed E-state index contributed by atoms with van der Waals surface area (Å²) in [6.45, 7) is 23.9. The molecular weight excluding hydrogens is 465 g/mol. The van der Waals surface area contributed by atoms with Crippen LogP contribution in [0, 0.1) is 5.82 Å². The van der Waals surface area contributed by atoms with Gasteiger partial charge in [-0.3, -0.25) is 9.80 Å². The molecule has 1 heterocycles. The predicted molar refractivity (Wildman–Crippen MR) is 151 cm³/mol. The van der Waals surface area contributed by atoms with Crippen molar-refractivity contribution in [1.29, 1.82) is 0 Å². The van der Waals surface area contributed by atoms with Crippen LogP contribution in [0.2, 0.25) is 0 Å². The Balaban J connectivity index is 1.74. The van der Waals surface area contributed by atoms with Gasteiger partial charge in [0, 0.05) is 49.5 Å². The van der Waals surface area contributed by atoms with Crippen LogP contribution >= 0.6 is 0 Å². The molecule has 1 saturated heterocycles. The Morgan fingerprint density at radius 2 is 1.86 bits per heavy atom. The minimum atomic E-state index is -0.267. The van der Waals surface area contributed by atoms with Gasteiger partial charge in [-0.25, -0.2) is 4.39 Å². The van der Waals surface area contributed by atoms with Crippen LogP contribution in [0.25, 0.3) is 6.08 Å². The van der Waals surface area contributed by atoms with Gasteiger partial charge in [0.25, 0.3) is 0 Å². The molecule has 0 atom stereocenters. The normalized spacial score (nSPS) is 16.8. The third-order valence-corrected chi connectivity index (χ3v) is 6.25. The molecule has 1 fully saturated rings. The highest BCUT2D eigenvalue weighted by Gasteiger charge is 2.37. The average molecular weight is 508 g/mol. The standard InChI is InChI=1S/C31H42FN3O2/c1-9-25-12-11-13-29(27(25)19-34(8)17-23(3)33-10-2)36-20-26-16-24(14-15-28(26)32)18-35-21-30(4,5)37-31(6,7)22-35/h9-16,33H,1-3,17-22H2,4-8H3. The fourth-order valence-electron chi connectivity index (χ4n) is 5.23. The van der Waals surface area contributed by atoms with Crippen LogP contribution in [0.15, 0.2) is 68.0 Å². The maximum atomic E-state index is 14.8. The van der Waals surface area contributed by atoms with Crippen LogP contribution in [0.3, 0.4) is 0 Å². The second-order valence-electron chi connectivity index (χ2n) is 11.1. The first kappa shape index (κ1) is 28.6. The molecule has 1 N–H and O–H groups in total. The first-order valence-corrected chi connectivity index (χ1v) is 12.7. The van der Waals surface area contributed by atoms with Gasteiger partial charge in [0.15, 0.2) is 0 Å². The average Bonchev–Trinajstić information content (AvgIpc) is 2.78. The van der Waals surface area contributed by atoms with Crippen LogP contribution in [0.5, 0.6) is 5.75 Å². The minimum absolute atomic E-state index is 0.141. The van der Waals surface area contributed by atoms with E-state index in [2.05, 4.69) is 62.5 Å². The molecule has 3 rings (SSSR count). The maximum Gasteiger partial charge on any atom is 0.129 e. The summed E-state index contributed by atoms with van der Waals surface area (Å²) < 4.78 is 27.2. The molecule has 6 heteroatoms. The summed E-state index contributed by atoms with van der Waals surface area (Å²) in [6.07, 6.45) is 3.44. The second kappa shape index (κ2) is 12.1. The third-order valence-electron chi connectivity index (χ3n) is 6.25. The van der Waals surface area contributed by atoms with E-state index in [1.54, 1.807) is 6.20 Å². The smallest absolute Gasteiger partial charge is 0.129 e. The molecule has 1 aliphatic rings. The summed E-state index contributed by atoms with van der Waals surface area (Å²) >= 11 is 0. The van der Waals surface area contributed by atoms with Crippen molar-refractivity contribution < 1.29 is 13.9 Å². The van der Waals surface area contributed by atoms with E-state index in [-0.39, 0.29) is 23.6 Å². The van der Waals surface area contributed by atoms with E-state index in [0.29, 0.717) is 24.4 Å². The van der Waals surface area contributed by atoms with Gasteiger partial charge in [0.1, 0.15) is 18.2 Å². The highest BCUT2D eigenvalue weighted by Crippen LogP contribution is 2.30. The van der Waals surface area contributed by atoms with Crippen molar-refractivity contribution in [2.75, 3.05) is 26.7 Å². The quantitative estimate of drug-likeness (QED) is 0.375. The molecule has 5 nitrogen and oxygen atoms in total. The van der Waals surface area contributed by atoms with Gasteiger partial charge in [-0.05, 0) is 70.3 Å². The lowest BCUT2D eigenvalue weighted by atomic mass is 9.98. The number of rotatable bonds is 12. The number of ether oxygens (including phenoxy) is 2. The Morgan fingerprint density at radius 3 is 2.51 bits per heavy atom. The number of nitrogens with zero attached hydrogens (tertiary/aromatic N) is 2. The zero-order valence-corrected chi connectivity index (χ0v) is 23.1. The van der Waals surface area contributed by atoms with E-state index in [0.717, 1.165) is 42.0 Å². The zero-order chi connectivity index (χ0) is 27.2. The Bertz CT molecular complexity index is 1110. The van der Waals surface area contributed by atoms with Crippen molar-refractivity contribution in [3.05, 3.63) is 96.1 Å². The van der Waals surface area contributed by atoms with Gasteiger partial charge < -0.3 is 14.8 Å². The van der Waals surface area contributed by atoms with Crippen LogP contribution in [-0.2, 0) is 24.4 Å². The fourth-order valence-corrected chi connectivity index (χ4v) is 5.23. The number of likely N-dealkylation sites (N-methyl/N-ethyl adjacent to an activating group) is 1. The Kier molecular flexibility index (Phi) is 9.35. The Morgan fingerprint density at radius 1 is 1.16 bits per heavy atom. The molecule has 1 aliphatic heterocycles. The van der Waals surface area contributed by atoms with E-state index in [1.165, 1.54) is 6.07 Å². The molecule has 0 amide bonds. The molecule has 2 aromatic carbocycles. The predicted octanol–water partition coefficient (Wildman–Crippen LogP) is 6.12. The topological polar surface area (TPSA) is 37.0 Å². The highest BCUT2D eigenvalue weighted by molar-refractivity contribution is 5.56. The Hall–Kier alpha value is -2.93. The second-order valence-corrected chi connectivity index (χ2v) is 11.1. The van der Waals surface area contributed by atoms with Gasteiger partial charge in [-0.2, -0.15) is 0 Å². The lowest BCUT2D eigenvalue weighted by Gasteiger charge is -2.47. The van der Waals surface area contributed by atoms with E-state index < -0.39 is 0 Å². The van der Waals surface area contributed by atoms with Gasteiger partial charge in [-0.15, -0.1) is 0 Å². The lowest BCUT2D eigenvalue weighted by molar-refractivity contribution is -0.182. The Labute approximate surface area is 222 Å². The van der Waals surface area contributed by atoms with Crippen LogP contribution in [-0.4, -0.2) is 47.7 Å². The lowest BCUT2D eigenvalue weighted by Crippen LogP contribution is -2.56. The van der Waals surface area contributed by atoms with Crippen LogP contribution < -0.4 is 10.1 Å². The number of hydrogen-bond acceptors (Lipinski definition) is 5. The first-order valence-electron chi connectivity index (χ1n) is 12.7. The van der Waals surface area contributed by atoms with Gasteiger partial charge in [0.05, 0.1) is 11.2 Å². The molecule has 0 spiro atoms. The molecule has 37 heavy (non-hydrogen) atoms. The monoisotopic (exact) mass is 507 g/mol. The van der Waals surface area contributed by atoms with E-state index >= 15 is 0 Å². The van der Waals surface area contributed by atoms with Crippen molar-refractivity contribution in [2.45, 2.75) is 58.6 Å². The van der Waals surface area contributed by atoms with Crippen LogP contribution in [0.1, 0.15) is 49.9 Å². The number of hydrogen-bond donors (Lipinski definition) is 1. The van der Waals surface area contributed by atoms with Crippen molar-refractivity contribution >= 4 is 6.08 Å². The molecule has 200 valence electrons. The third kappa shape index (κ3) is 8.29. The van der Waals surface area contributed by atoms with Crippen LogP contribution in [0.4, 0.5) is 4.39 Å². The number of morpholine rings is 1. The zero-order valence-electron chi connectivity index (χ0n) is 23.1. The SMILES string of the molecule is C=CNC(=C)CN(C)Cc1c(C=C)cccc1OCc1cc(CN2CC(C)(C)OC(C)(C)C2)ccc1F. The van der Waals surface area contributed by atoms with E-state index in [9.17, 15) is 4.39 Å². The molecular formula is C31H42FN3O2. The molecule has 0 aromatic heterocycles. The fraction of sp³-hybridized carbons (Fsp3) is 0.419. The highest BCUT2D eigenvalue weighted by atomic mass is 19.1.